The molecule has 0 aliphatic heterocycles. The molecule has 5 rings (SSSR count). The van der Waals surface area contributed by atoms with Crippen LogP contribution in [0.1, 0.15) is 16.7 Å². The topological polar surface area (TPSA) is 114 Å². The zero-order valence-corrected chi connectivity index (χ0v) is 24.7. The lowest BCUT2D eigenvalue weighted by atomic mass is 10.0. The molecule has 0 unspecified atom stereocenters. The van der Waals surface area contributed by atoms with E-state index >= 15 is 0 Å². The van der Waals surface area contributed by atoms with E-state index in [1.54, 1.807) is 12.1 Å². The zero-order chi connectivity index (χ0) is 28.8. The molecule has 1 atom stereocenters. The van der Waals surface area contributed by atoms with Gasteiger partial charge in [0.05, 0.1) is 23.4 Å². The number of fused-ring (bicyclic) bond motifs is 1. The first-order chi connectivity index (χ1) is 19.9. The van der Waals surface area contributed by atoms with Crippen LogP contribution in [0.3, 0.4) is 0 Å². The van der Waals surface area contributed by atoms with Gasteiger partial charge >= 0.3 is 5.97 Å². The summed E-state index contributed by atoms with van der Waals surface area (Å²) in [5.41, 5.74) is 6.08. The molecule has 0 aliphatic carbocycles. The number of aromatic nitrogens is 2. The molecule has 0 saturated heterocycles. The molecule has 0 aliphatic rings. The molecule has 0 radical (unpaired) electrons. The smallest absolute Gasteiger partial charge is 0.323 e. The van der Waals surface area contributed by atoms with Crippen LogP contribution < -0.4 is 14.8 Å². The Bertz CT molecular complexity index is 1670. The van der Waals surface area contributed by atoms with Crippen molar-refractivity contribution >= 4 is 56.3 Å². The lowest BCUT2D eigenvalue weighted by Crippen LogP contribution is -2.39. The Kier molecular flexibility index (Phi) is 9.48. The van der Waals surface area contributed by atoms with Gasteiger partial charge in [0.1, 0.15) is 41.8 Å². The fourth-order valence-electron chi connectivity index (χ4n) is 4.24. The van der Waals surface area contributed by atoms with Crippen molar-refractivity contribution in [1.82, 2.24) is 14.1 Å². The summed E-state index contributed by atoms with van der Waals surface area (Å²) in [4.78, 5) is 11.4. The first-order valence-electron chi connectivity index (χ1n) is 12.6. The highest BCUT2D eigenvalue weighted by Gasteiger charge is 2.19. The molecule has 3 N–H and O–H groups in total. The van der Waals surface area contributed by atoms with Crippen LogP contribution in [0.15, 0.2) is 83.3 Å². The van der Waals surface area contributed by atoms with Crippen molar-refractivity contribution in [2.45, 2.75) is 25.8 Å². The van der Waals surface area contributed by atoms with Crippen molar-refractivity contribution in [3.05, 3.63) is 105 Å². The van der Waals surface area contributed by atoms with Gasteiger partial charge in [-0.1, -0.05) is 72.3 Å². The number of carbonyl (C=O) groups is 1. The van der Waals surface area contributed by atoms with Crippen molar-refractivity contribution in [3.8, 4) is 22.6 Å². The number of aliphatic hydroxyl groups is 1. The first-order valence-corrected chi connectivity index (χ1v) is 14.5. The Morgan fingerprint density at radius 3 is 2.44 bits per heavy atom. The summed E-state index contributed by atoms with van der Waals surface area (Å²) in [5, 5.41) is 21.9. The Balaban J connectivity index is 1.40. The number of rotatable bonds is 12. The first kappa shape index (κ1) is 29.0. The Morgan fingerprint density at radius 2 is 1.66 bits per heavy atom. The minimum atomic E-state index is -1.16. The van der Waals surface area contributed by atoms with Gasteiger partial charge in [-0.05, 0) is 39.2 Å². The monoisotopic (exact) mass is 653 g/mol. The number of carboxylic acids is 1. The number of nitrogens with one attached hydrogen (secondary N) is 1. The Hall–Kier alpha value is -3.54. The predicted octanol–water partition coefficient (Wildman–Crippen LogP) is 6.47. The number of hydrogen-bond donors (Lipinski definition) is 3. The number of benzene rings is 4. The molecule has 1 heterocycles. The highest BCUT2D eigenvalue weighted by Crippen LogP contribution is 2.36. The summed E-state index contributed by atoms with van der Waals surface area (Å²) < 4.78 is 22.0. The van der Waals surface area contributed by atoms with Crippen LogP contribution in [-0.4, -0.2) is 37.6 Å². The van der Waals surface area contributed by atoms with Crippen LogP contribution in [0.5, 0.6) is 11.5 Å². The Morgan fingerprint density at radius 1 is 0.927 bits per heavy atom. The fourth-order valence-corrected chi connectivity index (χ4v) is 5.66. The molecule has 1 aromatic heterocycles. The number of halogens is 2. The molecule has 0 fully saturated rings. The average molecular weight is 655 g/mol. The van der Waals surface area contributed by atoms with Crippen molar-refractivity contribution in [2.75, 3.05) is 6.61 Å². The summed E-state index contributed by atoms with van der Waals surface area (Å²) in [7, 11) is 0. The molecule has 210 valence electrons. The van der Waals surface area contributed by atoms with E-state index in [0.717, 1.165) is 49.5 Å². The number of ether oxygens (including phenoxy) is 2. The van der Waals surface area contributed by atoms with Crippen molar-refractivity contribution in [2.24, 2.45) is 0 Å². The fraction of sp³-hybridized carbons (Fsp3) is 0.167. The SMILES string of the molecule is O=C(O)[C@@H](CO)NCc1cc(Cl)c(OCc2cccc(-c3ccccc3)c2Br)cc1OCc1cccc2nsnc12. The predicted molar refractivity (Wildman–Crippen MR) is 162 cm³/mol. The highest BCUT2D eigenvalue weighted by molar-refractivity contribution is 9.10. The average Bonchev–Trinajstić information content (AvgIpc) is 3.47. The van der Waals surface area contributed by atoms with E-state index in [4.69, 9.17) is 21.1 Å². The van der Waals surface area contributed by atoms with E-state index in [1.807, 2.05) is 66.7 Å². The molecule has 0 spiro atoms. The number of aliphatic carboxylic acids is 1. The molecule has 0 amide bonds. The van der Waals surface area contributed by atoms with E-state index in [0.29, 0.717) is 22.1 Å². The van der Waals surface area contributed by atoms with Crippen LogP contribution in [0, 0.1) is 0 Å². The lowest BCUT2D eigenvalue weighted by Gasteiger charge is -2.18. The number of hydrogen-bond acceptors (Lipinski definition) is 8. The van der Waals surface area contributed by atoms with E-state index in [-0.39, 0.29) is 19.8 Å². The second-order valence-corrected chi connectivity index (χ2v) is 10.8. The molecule has 8 nitrogen and oxygen atoms in total. The van der Waals surface area contributed by atoms with E-state index in [2.05, 4.69) is 30.0 Å². The van der Waals surface area contributed by atoms with Gasteiger partial charge in [-0.25, -0.2) is 0 Å². The minimum absolute atomic E-state index is 0.0972. The van der Waals surface area contributed by atoms with Gasteiger partial charge in [-0.3, -0.25) is 10.1 Å². The van der Waals surface area contributed by atoms with Crippen LogP contribution in [0.2, 0.25) is 5.02 Å². The van der Waals surface area contributed by atoms with E-state index < -0.39 is 18.6 Å². The van der Waals surface area contributed by atoms with Crippen molar-refractivity contribution in [1.29, 1.82) is 0 Å². The maximum atomic E-state index is 11.4. The van der Waals surface area contributed by atoms with Gasteiger partial charge in [-0.2, -0.15) is 8.75 Å². The van der Waals surface area contributed by atoms with Gasteiger partial charge < -0.3 is 19.7 Å². The third-order valence-corrected chi connectivity index (χ3v) is 8.21. The lowest BCUT2D eigenvalue weighted by molar-refractivity contribution is -0.140. The number of aliphatic hydroxyl groups excluding tert-OH is 1. The van der Waals surface area contributed by atoms with Gasteiger partial charge in [0.2, 0.25) is 0 Å². The van der Waals surface area contributed by atoms with E-state index in [9.17, 15) is 15.0 Å². The van der Waals surface area contributed by atoms with Crippen LogP contribution >= 0.6 is 39.3 Å². The molecule has 4 aromatic carbocycles. The quantitative estimate of drug-likeness (QED) is 0.140. The normalized spacial score (nSPS) is 11.9. The number of carboxylic acid groups (broad SMARTS) is 1. The van der Waals surface area contributed by atoms with Gasteiger partial charge in [0, 0.05) is 33.8 Å². The standard InChI is InChI=1S/C30H25BrClN3O5S/c31-28-19(8-4-10-22(28)18-6-2-1-3-7-18)16-40-27-13-26(21(12-23(27)32)14-33-25(15-36)30(37)38)39-17-20-9-5-11-24-29(20)35-41-34-24/h1-13,25,33,36H,14-17H2,(H,37,38)/t25-/m1/s1. The Labute approximate surface area is 254 Å². The third kappa shape index (κ3) is 6.86. The summed E-state index contributed by atoms with van der Waals surface area (Å²) in [5.74, 6) is -0.295. The molecular formula is C30H25BrClN3O5S. The van der Waals surface area contributed by atoms with Crippen LogP contribution in [0.4, 0.5) is 0 Å². The largest absolute Gasteiger partial charge is 0.488 e. The maximum absolute atomic E-state index is 11.4. The van der Waals surface area contributed by atoms with Crippen molar-refractivity contribution < 1.29 is 24.5 Å². The van der Waals surface area contributed by atoms with Gasteiger partial charge in [0.25, 0.3) is 0 Å². The summed E-state index contributed by atoms with van der Waals surface area (Å²) in [6.07, 6.45) is 0. The van der Waals surface area contributed by atoms with Crippen LogP contribution in [0.25, 0.3) is 22.2 Å². The molecular weight excluding hydrogens is 630 g/mol. The molecule has 11 heteroatoms. The van der Waals surface area contributed by atoms with Crippen LogP contribution in [-0.2, 0) is 24.6 Å². The molecule has 0 saturated carbocycles. The maximum Gasteiger partial charge on any atom is 0.323 e. The summed E-state index contributed by atoms with van der Waals surface area (Å²) >= 11 is 11.5. The molecule has 0 bridgehead atoms. The molecule has 5 aromatic rings. The highest BCUT2D eigenvalue weighted by atomic mass is 79.9. The van der Waals surface area contributed by atoms with Crippen molar-refractivity contribution in [3.63, 3.8) is 0 Å². The second kappa shape index (κ2) is 13.4. The van der Waals surface area contributed by atoms with Gasteiger partial charge in [-0.15, -0.1) is 0 Å². The second-order valence-electron chi connectivity index (χ2n) is 9.12. The zero-order valence-electron chi connectivity index (χ0n) is 21.6. The minimum Gasteiger partial charge on any atom is -0.488 e. The third-order valence-electron chi connectivity index (χ3n) is 6.43. The summed E-state index contributed by atoms with van der Waals surface area (Å²) in [6.45, 7) is -0.0204. The van der Waals surface area contributed by atoms with Gasteiger partial charge in [0.15, 0.2) is 0 Å². The van der Waals surface area contributed by atoms with E-state index in [1.165, 1.54) is 0 Å². The number of nitrogens with zero attached hydrogens (tertiary/aromatic N) is 2. The molecule has 41 heavy (non-hydrogen) atoms. The summed E-state index contributed by atoms with van der Waals surface area (Å²) in [6, 6.07) is 24.0.